The van der Waals surface area contributed by atoms with Crippen LogP contribution in [0.15, 0.2) is 54.6 Å². The van der Waals surface area contributed by atoms with Crippen molar-refractivity contribution in [2.75, 3.05) is 19.8 Å². The molecule has 1 aromatic carbocycles. The zero-order chi connectivity index (χ0) is 29.1. The number of amides is 2. The molecule has 0 aromatic heterocycles. The van der Waals surface area contributed by atoms with Crippen LogP contribution in [0.5, 0.6) is 0 Å². The first-order valence-corrected chi connectivity index (χ1v) is 14.3. The van der Waals surface area contributed by atoms with Gasteiger partial charge < -0.3 is 24.4 Å². The Morgan fingerprint density at radius 3 is 2.33 bits per heavy atom. The quantitative estimate of drug-likeness (QED) is 0.428. The first kappa shape index (κ1) is 28.6. The fourth-order valence-corrected chi connectivity index (χ4v) is 7.84. The third-order valence-corrected chi connectivity index (χ3v) is 9.02. The van der Waals surface area contributed by atoms with Crippen LogP contribution in [0, 0.1) is 17.3 Å². The number of carbonyl (C=O) groups is 3. The van der Waals surface area contributed by atoms with Gasteiger partial charge in [0.15, 0.2) is 0 Å². The van der Waals surface area contributed by atoms with E-state index in [0.29, 0.717) is 18.5 Å². The van der Waals surface area contributed by atoms with Gasteiger partial charge in [-0.05, 0) is 43.7 Å². The van der Waals surface area contributed by atoms with Crippen LogP contribution in [-0.2, 0) is 23.9 Å². The highest BCUT2D eigenvalue weighted by atomic mass is 16.6. The van der Waals surface area contributed by atoms with E-state index in [-0.39, 0.29) is 30.4 Å². The molecule has 4 aliphatic rings. The summed E-state index contributed by atoms with van der Waals surface area (Å²) in [6.45, 7) is 12.5. The number of cyclic esters (lactones) is 1. The minimum atomic E-state index is -1.40. The van der Waals surface area contributed by atoms with E-state index in [2.05, 4.69) is 20.8 Å². The fourth-order valence-electron chi connectivity index (χ4n) is 7.84. The van der Waals surface area contributed by atoms with Crippen LogP contribution in [0.25, 0.3) is 0 Å². The Bertz CT molecular complexity index is 1230. The molecule has 6 atom stereocenters. The van der Waals surface area contributed by atoms with E-state index >= 15 is 0 Å². The highest BCUT2D eigenvalue weighted by molar-refractivity contribution is 6.00. The molecule has 4 heterocycles. The molecule has 1 unspecified atom stereocenters. The monoisotopic (exact) mass is 550 g/mol. The molecule has 2 saturated heterocycles. The van der Waals surface area contributed by atoms with E-state index < -0.39 is 46.6 Å². The molecule has 5 rings (SSSR count). The molecule has 1 spiro atoms. The number of aliphatic hydroxyl groups is 1. The van der Waals surface area contributed by atoms with Crippen molar-refractivity contribution in [3.05, 3.63) is 60.2 Å². The van der Waals surface area contributed by atoms with E-state index in [1.54, 1.807) is 6.08 Å². The van der Waals surface area contributed by atoms with Crippen LogP contribution in [0.3, 0.4) is 0 Å². The van der Waals surface area contributed by atoms with E-state index in [1.807, 2.05) is 74.2 Å². The molecular formula is C32H42N2O6. The van der Waals surface area contributed by atoms with E-state index in [4.69, 9.17) is 9.47 Å². The van der Waals surface area contributed by atoms with Gasteiger partial charge in [0.05, 0.1) is 18.6 Å². The van der Waals surface area contributed by atoms with Gasteiger partial charge in [0.1, 0.15) is 29.8 Å². The minimum Gasteiger partial charge on any atom is -0.461 e. The number of rotatable bonds is 6. The molecule has 2 fully saturated rings. The zero-order valence-electron chi connectivity index (χ0n) is 24.4. The number of likely N-dealkylation sites (tertiary alicyclic amines) is 1. The SMILES string of the molecule is CC[C@]12C=CCOC(=O)[C@H]1[C@H]1C(=O)N([C@H](CO)c3ccccc3)C3C(=O)N(C(C)(C)CC(C)(C)C)CC=C[C@@]31O2. The average Bonchev–Trinajstić information content (AvgIpc) is 3.15. The molecule has 0 saturated carbocycles. The average molecular weight is 551 g/mol. The molecule has 216 valence electrons. The number of hydrogen-bond acceptors (Lipinski definition) is 6. The number of carbonyl (C=O) groups excluding carboxylic acids is 3. The lowest BCUT2D eigenvalue weighted by molar-refractivity contribution is -0.163. The van der Waals surface area contributed by atoms with Crippen LogP contribution in [-0.4, -0.2) is 75.2 Å². The van der Waals surface area contributed by atoms with Crippen molar-refractivity contribution in [3.8, 4) is 0 Å². The zero-order valence-corrected chi connectivity index (χ0v) is 24.4. The summed E-state index contributed by atoms with van der Waals surface area (Å²) in [4.78, 5) is 46.3. The summed E-state index contributed by atoms with van der Waals surface area (Å²) < 4.78 is 12.5. The Morgan fingerprint density at radius 2 is 1.70 bits per heavy atom. The number of hydrogen-bond donors (Lipinski definition) is 1. The highest BCUT2D eigenvalue weighted by Gasteiger charge is 2.76. The van der Waals surface area contributed by atoms with Crippen molar-refractivity contribution in [1.82, 2.24) is 9.80 Å². The first-order chi connectivity index (χ1) is 18.8. The van der Waals surface area contributed by atoms with E-state index in [1.165, 1.54) is 4.90 Å². The maximum Gasteiger partial charge on any atom is 0.313 e. The Labute approximate surface area is 237 Å². The van der Waals surface area contributed by atoms with Gasteiger partial charge in [0.2, 0.25) is 11.8 Å². The number of nitrogens with zero attached hydrogens (tertiary/aromatic N) is 2. The summed E-state index contributed by atoms with van der Waals surface area (Å²) in [7, 11) is 0. The lowest BCUT2D eigenvalue weighted by Gasteiger charge is -2.46. The van der Waals surface area contributed by atoms with E-state index in [0.717, 1.165) is 6.42 Å². The summed E-state index contributed by atoms with van der Waals surface area (Å²) >= 11 is 0. The summed E-state index contributed by atoms with van der Waals surface area (Å²) in [5.74, 6) is -3.02. The normalized spacial score (nSPS) is 32.8. The van der Waals surface area contributed by atoms with Crippen molar-refractivity contribution < 1.29 is 29.0 Å². The Kier molecular flexibility index (Phi) is 7.02. The number of aliphatic hydroxyl groups excluding tert-OH is 1. The molecule has 8 heteroatoms. The highest BCUT2D eigenvalue weighted by Crippen LogP contribution is 2.59. The van der Waals surface area contributed by atoms with Gasteiger partial charge in [-0.15, -0.1) is 0 Å². The van der Waals surface area contributed by atoms with Gasteiger partial charge in [0, 0.05) is 12.1 Å². The predicted molar refractivity (Wildman–Crippen MR) is 150 cm³/mol. The predicted octanol–water partition coefficient (Wildman–Crippen LogP) is 3.81. The second-order valence-corrected chi connectivity index (χ2v) is 13.4. The third kappa shape index (κ3) is 4.31. The topological polar surface area (TPSA) is 96.4 Å². The van der Waals surface area contributed by atoms with Crippen LogP contribution in [0.1, 0.15) is 66.0 Å². The van der Waals surface area contributed by atoms with E-state index in [9.17, 15) is 19.5 Å². The maximum absolute atomic E-state index is 14.8. The Hall–Kier alpha value is -2.97. The molecule has 8 nitrogen and oxygen atoms in total. The third-order valence-electron chi connectivity index (χ3n) is 9.02. The number of fused-ring (bicyclic) bond motifs is 2. The van der Waals surface area contributed by atoms with Crippen molar-refractivity contribution in [2.24, 2.45) is 17.3 Å². The van der Waals surface area contributed by atoms with Crippen molar-refractivity contribution >= 4 is 17.8 Å². The van der Waals surface area contributed by atoms with Gasteiger partial charge in [-0.25, -0.2) is 0 Å². The van der Waals surface area contributed by atoms with Crippen LogP contribution < -0.4 is 0 Å². The van der Waals surface area contributed by atoms with Gasteiger partial charge in [-0.3, -0.25) is 14.4 Å². The first-order valence-electron chi connectivity index (χ1n) is 14.3. The number of ether oxygens (including phenoxy) is 2. The molecule has 1 aromatic rings. The molecule has 0 radical (unpaired) electrons. The fraction of sp³-hybridized carbons (Fsp3) is 0.594. The van der Waals surface area contributed by atoms with Gasteiger partial charge in [-0.2, -0.15) is 0 Å². The summed E-state index contributed by atoms with van der Waals surface area (Å²) in [6, 6.07) is 7.37. The van der Waals surface area contributed by atoms with Crippen molar-refractivity contribution in [2.45, 2.75) is 83.2 Å². The smallest absolute Gasteiger partial charge is 0.313 e. The standard InChI is InChI=1S/C32H42N2O6/c1-7-31-15-12-18-39-28(38)24(31)23-26(36)34(22(19-35)21-13-9-8-10-14-21)25-27(37)33(17-11-16-32(23,25)40-31)30(5,6)20-29(2,3)4/h8-16,22-25,35H,7,17-20H2,1-6H3/t22-,23+,24-,25?,31+,32+/m1/s1. The molecule has 4 aliphatic heterocycles. The number of esters is 1. The molecule has 40 heavy (non-hydrogen) atoms. The minimum absolute atomic E-state index is 0.0548. The van der Waals surface area contributed by atoms with Crippen LogP contribution >= 0.6 is 0 Å². The molecular weight excluding hydrogens is 508 g/mol. The van der Waals surface area contributed by atoms with Gasteiger partial charge >= 0.3 is 5.97 Å². The largest absolute Gasteiger partial charge is 0.461 e. The second-order valence-electron chi connectivity index (χ2n) is 13.4. The summed E-state index contributed by atoms with van der Waals surface area (Å²) in [6.07, 6.45) is 8.53. The summed E-state index contributed by atoms with van der Waals surface area (Å²) in [5.41, 5.74) is -2.37. The lowest BCUT2D eigenvalue weighted by atomic mass is 9.73. The van der Waals surface area contributed by atoms with Crippen molar-refractivity contribution in [3.63, 3.8) is 0 Å². The van der Waals surface area contributed by atoms with Crippen molar-refractivity contribution in [1.29, 1.82) is 0 Å². The number of benzene rings is 1. The lowest BCUT2D eigenvalue weighted by Crippen LogP contribution is -2.60. The molecule has 0 bridgehead atoms. The summed E-state index contributed by atoms with van der Waals surface area (Å²) in [5, 5.41) is 10.7. The Morgan fingerprint density at radius 1 is 1.00 bits per heavy atom. The Balaban J connectivity index is 1.71. The van der Waals surface area contributed by atoms with Crippen LogP contribution in [0.2, 0.25) is 0 Å². The second kappa shape index (κ2) is 9.84. The van der Waals surface area contributed by atoms with Gasteiger partial charge in [0.25, 0.3) is 0 Å². The molecule has 1 N–H and O–H groups in total. The van der Waals surface area contributed by atoms with Gasteiger partial charge in [-0.1, -0.05) is 76.3 Å². The molecule has 2 amide bonds. The molecule has 0 aliphatic carbocycles. The van der Waals surface area contributed by atoms with Crippen LogP contribution in [0.4, 0.5) is 0 Å². The maximum atomic E-state index is 14.8.